The quantitative estimate of drug-likeness (QED) is 0.467. The average molecular weight is 352 g/mol. The molecule has 1 aromatic heterocycles. The first-order valence-electron chi connectivity index (χ1n) is 5.88. The van der Waals surface area contributed by atoms with Gasteiger partial charge in [0, 0.05) is 0 Å². The van der Waals surface area contributed by atoms with Crippen molar-refractivity contribution in [1.29, 1.82) is 5.26 Å². The third-order valence-electron chi connectivity index (χ3n) is 2.70. The van der Waals surface area contributed by atoms with Crippen LogP contribution in [0.2, 0.25) is 0 Å². The molecule has 1 N–H and O–H groups in total. The molecule has 0 aliphatic carbocycles. The predicted octanol–water partition coefficient (Wildman–Crippen LogP) is 5.06. The number of hydrogen-bond donors (Lipinski definition) is 1. The van der Waals surface area contributed by atoms with E-state index in [0.717, 1.165) is 29.5 Å². The Kier molecular flexibility index (Phi) is 4.26. The number of halogens is 6. The Balaban J connectivity index is 2.51. The molecule has 122 valence electrons. The summed E-state index contributed by atoms with van der Waals surface area (Å²) in [5.41, 5.74) is -1.80. The second-order valence-corrected chi connectivity index (χ2v) is 5.46. The van der Waals surface area contributed by atoms with Gasteiger partial charge < -0.3 is 5.11 Å². The highest BCUT2D eigenvalue weighted by atomic mass is 32.1. The number of hydrogen-bond acceptors (Lipinski definition) is 4. The summed E-state index contributed by atoms with van der Waals surface area (Å²) in [7, 11) is 0. The van der Waals surface area contributed by atoms with E-state index in [4.69, 9.17) is 5.26 Å². The number of alkyl halides is 6. The van der Waals surface area contributed by atoms with Crippen LogP contribution in [0.25, 0.3) is 15.8 Å². The van der Waals surface area contributed by atoms with Crippen molar-refractivity contribution in [3.63, 3.8) is 0 Å². The number of allylic oxidation sites excluding steroid dienone is 2. The first-order chi connectivity index (χ1) is 10.5. The lowest BCUT2D eigenvalue weighted by Crippen LogP contribution is -2.09. The highest BCUT2D eigenvalue weighted by molar-refractivity contribution is 7.19. The molecule has 0 amide bonds. The maximum atomic E-state index is 12.6. The van der Waals surface area contributed by atoms with Gasteiger partial charge in [-0.15, -0.1) is 11.3 Å². The molecule has 0 bridgehead atoms. The molecule has 0 saturated heterocycles. The van der Waals surface area contributed by atoms with Crippen LogP contribution in [0.4, 0.5) is 26.3 Å². The molecular formula is C13H6F6N2OS. The zero-order chi connectivity index (χ0) is 17.4. The molecule has 10 heteroatoms. The number of rotatable bonds is 2. The van der Waals surface area contributed by atoms with Gasteiger partial charge in [-0.2, -0.15) is 31.6 Å². The molecule has 1 aromatic carbocycles. The molecule has 0 aliphatic rings. The summed E-state index contributed by atoms with van der Waals surface area (Å²) in [6.45, 7) is 0. The van der Waals surface area contributed by atoms with Gasteiger partial charge in [-0.1, -0.05) is 0 Å². The second-order valence-electron chi connectivity index (χ2n) is 4.42. The third kappa shape index (κ3) is 3.92. The first-order valence-corrected chi connectivity index (χ1v) is 6.70. The molecule has 0 saturated carbocycles. The Morgan fingerprint density at radius 3 is 2.39 bits per heavy atom. The van der Waals surface area contributed by atoms with Crippen molar-refractivity contribution in [3.8, 4) is 6.07 Å². The zero-order valence-electron chi connectivity index (χ0n) is 11.0. The van der Waals surface area contributed by atoms with Crippen LogP contribution in [0.5, 0.6) is 0 Å². The van der Waals surface area contributed by atoms with Crippen LogP contribution in [-0.2, 0) is 6.18 Å². The molecule has 3 nitrogen and oxygen atoms in total. The van der Waals surface area contributed by atoms with Gasteiger partial charge in [-0.3, -0.25) is 0 Å². The zero-order valence-corrected chi connectivity index (χ0v) is 11.8. The van der Waals surface area contributed by atoms with Crippen LogP contribution in [-0.4, -0.2) is 16.3 Å². The Morgan fingerprint density at radius 1 is 1.22 bits per heavy atom. The van der Waals surface area contributed by atoms with Gasteiger partial charge in [-0.05, 0) is 18.2 Å². The molecule has 0 spiro atoms. The van der Waals surface area contributed by atoms with E-state index in [9.17, 15) is 31.4 Å². The van der Waals surface area contributed by atoms with E-state index in [1.54, 1.807) is 0 Å². The van der Waals surface area contributed by atoms with Crippen LogP contribution < -0.4 is 0 Å². The van der Waals surface area contributed by atoms with Gasteiger partial charge in [0.2, 0.25) is 0 Å². The molecular weight excluding hydrogens is 346 g/mol. The predicted molar refractivity (Wildman–Crippen MR) is 70.5 cm³/mol. The van der Waals surface area contributed by atoms with Gasteiger partial charge in [-0.25, -0.2) is 4.98 Å². The Bertz CT molecular complexity index is 812. The second kappa shape index (κ2) is 5.73. The minimum atomic E-state index is -4.73. The lowest BCUT2D eigenvalue weighted by molar-refractivity contribution is -0.137. The number of benzene rings is 1. The summed E-state index contributed by atoms with van der Waals surface area (Å²) >= 11 is 0.717. The van der Waals surface area contributed by atoms with Crippen LogP contribution in [0.1, 0.15) is 17.0 Å². The third-order valence-corrected chi connectivity index (χ3v) is 3.75. The fourth-order valence-electron chi connectivity index (χ4n) is 1.72. The fourth-order valence-corrected chi connectivity index (χ4v) is 2.69. The van der Waals surface area contributed by atoms with Crippen molar-refractivity contribution >= 4 is 27.1 Å². The van der Waals surface area contributed by atoms with Crippen LogP contribution in [0.3, 0.4) is 0 Å². The summed E-state index contributed by atoms with van der Waals surface area (Å²) in [6.07, 6.45) is -11.0. The van der Waals surface area contributed by atoms with Gasteiger partial charge in [0.25, 0.3) is 0 Å². The van der Waals surface area contributed by atoms with Crippen LogP contribution in [0.15, 0.2) is 24.0 Å². The Morgan fingerprint density at radius 2 is 1.87 bits per heavy atom. The molecule has 1 heterocycles. The lowest BCUT2D eigenvalue weighted by Gasteiger charge is -2.06. The van der Waals surface area contributed by atoms with Gasteiger partial charge in [0.15, 0.2) is 0 Å². The largest absolute Gasteiger partial charge is 0.510 e. The van der Waals surface area contributed by atoms with Crippen molar-refractivity contribution in [3.05, 3.63) is 34.5 Å². The van der Waals surface area contributed by atoms with Gasteiger partial charge >= 0.3 is 12.4 Å². The van der Waals surface area contributed by atoms with Crippen molar-refractivity contribution in [1.82, 2.24) is 4.98 Å². The monoisotopic (exact) mass is 352 g/mol. The number of nitriles is 1. The van der Waals surface area contributed by atoms with Gasteiger partial charge in [0.1, 0.15) is 28.8 Å². The van der Waals surface area contributed by atoms with E-state index >= 15 is 0 Å². The van der Waals surface area contributed by atoms with Crippen molar-refractivity contribution in [2.45, 2.75) is 18.8 Å². The Labute approximate surface area is 129 Å². The summed E-state index contributed by atoms with van der Waals surface area (Å²) in [6, 6.07) is 4.04. The van der Waals surface area contributed by atoms with Crippen LogP contribution >= 0.6 is 11.3 Å². The average Bonchev–Trinajstić information content (AvgIpc) is 2.78. The summed E-state index contributed by atoms with van der Waals surface area (Å²) in [5.74, 6) is -1.23. The number of fused-ring (bicyclic) bond motifs is 1. The topological polar surface area (TPSA) is 56.9 Å². The maximum Gasteiger partial charge on any atom is 0.416 e. The highest BCUT2D eigenvalue weighted by Crippen LogP contribution is 2.35. The minimum Gasteiger partial charge on any atom is -0.510 e. The van der Waals surface area contributed by atoms with Crippen molar-refractivity contribution in [2.24, 2.45) is 0 Å². The SMILES string of the molecule is N#CC(=C(O)CC(F)(F)F)c1nc2cc(C(F)(F)F)ccc2s1. The highest BCUT2D eigenvalue weighted by Gasteiger charge is 2.32. The van der Waals surface area contributed by atoms with E-state index in [2.05, 4.69) is 4.98 Å². The van der Waals surface area contributed by atoms with E-state index in [1.165, 1.54) is 6.07 Å². The maximum absolute atomic E-state index is 12.6. The molecule has 2 aromatic rings. The number of aliphatic hydroxyl groups excluding tert-OH is 1. The molecule has 23 heavy (non-hydrogen) atoms. The molecule has 0 atom stereocenters. The lowest BCUT2D eigenvalue weighted by atomic mass is 10.2. The van der Waals surface area contributed by atoms with E-state index in [-0.39, 0.29) is 15.2 Å². The molecule has 0 unspecified atom stereocenters. The molecule has 0 radical (unpaired) electrons. The number of nitrogens with zero attached hydrogens (tertiary/aromatic N) is 2. The summed E-state index contributed by atoms with van der Waals surface area (Å²) in [4.78, 5) is 3.72. The molecule has 2 rings (SSSR count). The normalized spacial score (nSPS) is 13.8. The molecule has 0 fully saturated rings. The smallest absolute Gasteiger partial charge is 0.416 e. The first kappa shape index (κ1) is 17.1. The summed E-state index contributed by atoms with van der Waals surface area (Å²) < 4.78 is 74.9. The fraction of sp³-hybridized carbons (Fsp3) is 0.231. The van der Waals surface area contributed by atoms with E-state index < -0.39 is 35.7 Å². The molecule has 0 aliphatic heterocycles. The number of aromatic nitrogens is 1. The van der Waals surface area contributed by atoms with Gasteiger partial charge in [0.05, 0.1) is 15.8 Å². The standard InChI is InChI=1S/C13H6F6N2OS/c14-12(15,16)4-9(22)7(5-20)11-21-8-3-6(13(17,18)19)1-2-10(8)23-11/h1-3,22H,4H2. The Hall–Kier alpha value is -2.28. The van der Waals surface area contributed by atoms with Crippen molar-refractivity contribution < 1.29 is 31.4 Å². The van der Waals surface area contributed by atoms with Crippen LogP contribution in [0, 0.1) is 11.3 Å². The van der Waals surface area contributed by atoms with E-state index in [0.29, 0.717) is 0 Å². The van der Waals surface area contributed by atoms with Crippen molar-refractivity contribution in [2.75, 3.05) is 0 Å². The summed E-state index contributed by atoms with van der Waals surface area (Å²) in [5, 5.41) is 18.1. The number of thiazole rings is 1. The number of aliphatic hydroxyl groups is 1. The minimum absolute atomic E-state index is 0.118. The van der Waals surface area contributed by atoms with E-state index in [1.807, 2.05) is 0 Å².